The number of aryl methyl sites for hydroxylation is 1. The Bertz CT molecular complexity index is 1740. The quantitative estimate of drug-likeness (QED) is 0.130. The topological polar surface area (TPSA) is 0 Å². The summed E-state index contributed by atoms with van der Waals surface area (Å²) >= 11 is -4.33. The van der Waals surface area contributed by atoms with Gasteiger partial charge in [-0.15, -0.1) is 0 Å². The molecule has 0 spiro atoms. The molecule has 1 atom stereocenters. The standard InChI is InChI=1S/C20H15F6.C12H9Si.2ClH.Zr/c1-3-12-6-13-5-4-11(2)18(17(13)7-12)14-8-15(19(21,22)23)10-16(9-14)20(24,25)26;1-3-7-11-9(5-1)10-6-2-4-8-12(10)13-11;;;/h4-10H,3H2,1-2H3;1-7H,13H2;2*1H;/q;;;;+2/p-2. The van der Waals surface area contributed by atoms with Crippen molar-refractivity contribution in [1.29, 1.82) is 0 Å². The van der Waals surface area contributed by atoms with Crippen LogP contribution in [0.4, 0.5) is 26.3 Å². The van der Waals surface area contributed by atoms with Crippen molar-refractivity contribution in [2.75, 3.05) is 0 Å². The molecular formula is C32H24Cl2F6SiZr. The molecule has 216 valence electrons. The second-order valence-corrected chi connectivity index (χ2v) is 26.7. The molecule has 0 saturated heterocycles. The van der Waals surface area contributed by atoms with Gasteiger partial charge in [0.05, 0.1) is 0 Å². The van der Waals surface area contributed by atoms with Crippen molar-refractivity contribution in [3.8, 4) is 22.3 Å². The van der Waals surface area contributed by atoms with Gasteiger partial charge in [-0.3, -0.25) is 0 Å². The molecule has 0 bridgehead atoms. The van der Waals surface area contributed by atoms with E-state index in [0.717, 1.165) is 32.1 Å². The molecule has 0 aromatic heterocycles. The van der Waals surface area contributed by atoms with Gasteiger partial charge >= 0.3 is 255 Å². The zero-order chi connectivity index (χ0) is 30.2. The summed E-state index contributed by atoms with van der Waals surface area (Å²) in [5.74, 6) is 0. The van der Waals surface area contributed by atoms with Crippen LogP contribution in [0.25, 0.3) is 28.3 Å². The summed E-state index contributed by atoms with van der Waals surface area (Å²) in [4.78, 5) is 0. The van der Waals surface area contributed by atoms with Crippen LogP contribution in [0.5, 0.6) is 0 Å². The van der Waals surface area contributed by atoms with E-state index in [9.17, 15) is 26.3 Å². The van der Waals surface area contributed by atoms with Gasteiger partial charge in [0, 0.05) is 0 Å². The molecule has 0 saturated carbocycles. The van der Waals surface area contributed by atoms with E-state index in [2.05, 4.69) is 18.2 Å². The van der Waals surface area contributed by atoms with Crippen molar-refractivity contribution in [3.63, 3.8) is 0 Å². The van der Waals surface area contributed by atoms with Crippen LogP contribution in [0.15, 0.2) is 78.4 Å². The average molecular weight is 713 g/mol. The molecule has 10 heteroatoms. The van der Waals surface area contributed by atoms with Gasteiger partial charge < -0.3 is 0 Å². The first-order chi connectivity index (χ1) is 19.7. The second-order valence-electron chi connectivity index (χ2n) is 10.8. The van der Waals surface area contributed by atoms with Gasteiger partial charge in [0.25, 0.3) is 0 Å². The Hall–Kier alpha value is -2.12. The number of halogens is 8. The third kappa shape index (κ3) is 4.96. The molecule has 1 aliphatic carbocycles. The molecule has 42 heavy (non-hydrogen) atoms. The Balaban J connectivity index is 1.53. The molecule has 0 radical (unpaired) electrons. The Kier molecular flexibility index (Phi) is 7.48. The number of fused-ring (bicyclic) bond motifs is 4. The fraction of sp³-hybridized carbons (Fsp3) is 0.188. The Morgan fingerprint density at radius 3 is 2.10 bits per heavy atom. The maximum atomic E-state index is 13.8. The van der Waals surface area contributed by atoms with E-state index in [1.165, 1.54) is 15.9 Å². The van der Waals surface area contributed by atoms with Crippen molar-refractivity contribution in [2.24, 2.45) is 0 Å². The molecule has 4 aromatic carbocycles. The molecule has 1 heterocycles. The zero-order valence-electron chi connectivity index (χ0n) is 22.5. The SMILES string of the molecule is CCC1=Cc2c(ccc(C)c2-c2cc(C(F)(F)F)cc(C(F)(F)F)c2)[CH]1[Zr]([Cl])([Cl])[c]1cccc2c1[SiH2]c1ccccc1-2. The number of hydrogen-bond donors (Lipinski definition) is 0. The molecule has 0 N–H and O–H groups in total. The van der Waals surface area contributed by atoms with Gasteiger partial charge in [0.15, 0.2) is 0 Å². The zero-order valence-corrected chi connectivity index (χ0v) is 27.9. The van der Waals surface area contributed by atoms with Crippen molar-refractivity contribution in [2.45, 2.75) is 36.2 Å². The summed E-state index contributed by atoms with van der Waals surface area (Å²) in [6.45, 7) is 3.67. The molecular weight excluding hydrogens is 689 g/mol. The van der Waals surface area contributed by atoms with E-state index in [1.807, 2.05) is 43.3 Å². The van der Waals surface area contributed by atoms with Crippen LogP contribution >= 0.6 is 17.0 Å². The fourth-order valence-electron chi connectivity index (χ4n) is 6.46. The van der Waals surface area contributed by atoms with Gasteiger partial charge in [-0.05, 0) is 0 Å². The van der Waals surface area contributed by atoms with Gasteiger partial charge in [0.2, 0.25) is 0 Å². The average Bonchev–Trinajstić information content (AvgIpc) is 3.50. The monoisotopic (exact) mass is 710 g/mol. The predicted molar refractivity (Wildman–Crippen MR) is 159 cm³/mol. The predicted octanol–water partition coefficient (Wildman–Crippen LogP) is 8.43. The van der Waals surface area contributed by atoms with Crippen LogP contribution in [0.2, 0.25) is 0 Å². The van der Waals surface area contributed by atoms with Gasteiger partial charge in [-0.1, -0.05) is 0 Å². The summed E-state index contributed by atoms with van der Waals surface area (Å²) in [5.41, 5.74) is 2.78. The van der Waals surface area contributed by atoms with Crippen molar-refractivity contribution in [1.82, 2.24) is 0 Å². The molecule has 2 aliphatic rings. The first-order valence-corrected chi connectivity index (χ1v) is 23.8. The van der Waals surface area contributed by atoms with E-state index in [-0.39, 0.29) is 15.3 Å². The molecule has 6 rings (SSSR count). The van der Waals surface area contributed by atoms with E-state index >= 15 is 0 Å². The van der Waals surface area contributed by atoms with Crippen LogP contribution in [0, 0.1) is 6.92 Å². The minimum atomic E-state index is -4.94. The van der Waals surface area contributed by atoms with Crippen LogP contribution in [-0.2, 0) is 30.2 Å². The number of rotatable bonds is 4. The maximum absolute atomic E-state index is 13.8. The normalized spacial score (nSPS) is 16.8. The molecule has 0 nitrogen and oxygen atoms in total. The van der Waals surface area contributed by atoms with Crippen molar-refractivity contribution >= 4 is 46.3 Å². The summed E-state index contributed by atoms with van der Waals surface area (Å²) in [7, 11) is 14.3. The van der Waals surface area contributed by atoms with Crippen molar-refractivity contribution < 1.29 is 44.2 Å². The number of hydrogen-bond acceptors (Lipinski definition) is 0. The third-order valence-electron chi connectivity index (χ3n) is 8.36. The van der Waals surface area contributed by atoms with Gasteiger partial charge in [-0.25, -0.2) is 0 Å². The van der Waals surface area contributed by atoms with Crippen molar-refractivity contribution in [3.05, 3.63) is 106 Å². The van der Waals surface area contributed by atoms with E-state index < -0.39 is 50.9 Å². The minimum absolute atomic E-state index is 0.132. The molecule has 1 unspecified atom stereocenters. The van der Waals surface area contributed by atoms with E-state index in [4.69, 9.17) is 17.0 Å². The van der Waals surface area contributed by atoms with Gasteiger partial charge in [0.1, 0.15) is 0 Å². The first kappa shape index (κ1) is 29.9. The third-order valence-corrected chi connectivity index (χ3v) is 22.7. The first-order valence-electron chi connectivity index (χ1n) is 13.4. The van der Waals surface area contributed by atoms with Crippen LogP contribution in [0.3, 0.4) is 0 Å². The summed E-state index contributed by atoms with van der Waals surface area (Å²) < 4.78 is 83.2. The Morgan fingerprint density at radius 2 is 1.45 bits per heavy atom. The summed E-state index contributed by atoms with van der Waals surface area (Å²) in [5, 5.41) is 2.57. The molecule has 0 amide bonds. The summed E-state index contributed by atoms with van der Waals surface area (Å²) in [6, 6.07) is 19.8. The Labute approximate surface area is 253 Å². The fourth-order valence-corrected chi connectivity index (χ4v) is 23.5. The van der Waals surface area contributed by atoms with Crippen LogP contribution < -0.4 is 13.6 Å². The molecule has 0 fully saturated rings. The van der Waals surface area contributed by atoms with Gasteiger partial charge in [-0.2, -0.15) is 0 Å². The molecule has 1 aliphatic heterocycles. The van der Waals surface area contributed by atoms with Crippen LogP contribution in [-0.4, -0.2) is 9.52 Å². The van der Waals surface area contributed by atoms with E-state index in [0.29, 0.717) is 23.1 Å². The summed E-state index contributed by atoms with van der Waals surface area (Å²) in [6.07, 6.45) is -7.40. The number of benzene rings is 4. The van der Waals surface area contributed by atoms with E-state index in [1.54, 1.807) is 13.0 Å². The Morgan fingerprint density at radius 1 is 0.810 bits per heavy atom. The number of allylic oxidation sites excluding steroid dienone is 1. The molecule has 4 aromatic rings. The number of alkyl halides is 6. The second kappa shape index (κ2) is 10.5. The van der Waals surface area contributed by atoms with Crippen LogP contribution in [0.1, 0.15) is 44.8 Å².